The van der Waals surface area contributed by atoms with Crippen LogP contribution in [0.4, 0.5) is 5.13 Å². The number of ether oxygens (including phenoxy) is 1. The third-order valence-corrected chi connectivity index (χ3v) is 5.59. The molecule has 1 aliphatic rings. The quantitative estimate of drug-likeness (QED) is 0.736. The van der Waals surface area contributed by atoms with Crippen molar-refractivity contribution in [3.05, 3.63) is 40.2 Å². The molecule has 2 aromatic heterocycles. The standard InChI is InChI=1S/C18H21N5O2S/c1-11-3-4-13-14(9-11)22-15(21-13)10-19-17(24)16-12(2)20-18(26-16)23-5-7-25-8-6-23/h3-4,9H,5-8,10H2,1-2H3,(H,19,24)(H,21,22). The Balaban J connectivity index is 1.44. The number of hydrogen-bond acceptors (Lipinski definition) is 6. The third-order valence-electron chi connectivity index (χ3n) is 4.38. The Morgan fingerprint density at radius 2 is 2.12 bits per heavy atom. The van der Waals surface area contributed by atoms with Crippen LogP contribution in [0.15, 0.2) is 18.2 Å². The van der Waals surface area contributed by atoms with E-state index in [4.69, 9.17) is 4.74 Å². The number of thiazole rings is 1. The Morgan fingerprint density at radius 3 is 2.92 bits per heavy atom. The molecule has 1 fully saturated rings. The molecule has 0 bridgehead atoms. The number of rotatable bonds is 4. The van der Waals surface area contributed by atoms with Gasteiger partial charge in [0.05, 0.1) is 36.5 Å². The first-order valence-corrected chi connectivity index (χ1v) is 9.45. The highest BCUT2D eigenvalue weighted by Gasteiger charge is 2.20. The first-order valence-electron chi connectivity index (χ1n) is 8.64. The van der Waals surface area contributed by atoms with Gasteiger partial charge >= 0.3 is 0 Å². The molecule has 7 nitrogen and oxygen atoms in total. The van der Waals surface area contributed by atoms with Crippen LogP contribution in [-0.2, 0) is 11.3 Å². The van der Waals surface area contributed by atoms with Gasteiger partial charge in [0.1, 0.15) is 10.7 Å². The van der Waals surface area contributed by atoms with E-state index in [2.05, 4.69) is 31.2 Å². The molecule has 0 aliphatic carbocycles. The summed E-state index contributed by atoms with van der Waals surface area (Å²) in [6.45, 7) is 7.30. The molecule has 1 aromatic carbocycles. The fourth-order valence-electron chi connectivity index (χ4n) is 2.99. The van der Waals surface area contributed by atoms with Gasteiger partial charge in [-0.3, -0.25) is 4.79 Å². The molecular formula is C18H21N5O2S. The summed E-state index contributed by atoms with van der Waals surface area (Å²) >= 11 is 1.43. The number of aryl methyl sites for hydroxylation is 2. The Morgan fingerprint density at radius 1 is 1.31 bits per heavy atom. The highest BCUT2D eigenvalue weighted by atomic mass is 32.1. The van der Waals surface area contributed by atoms with Crippen molar-refractivity contribution < 1.29 is 9.53 Å². The number of benzene rings is 1. The molecule has 0 saturated carbocycles. The zero-order chi connectivity index (χ0) is 18.1. The summed E-state index contributed by atoms with van der Waals surface area (Å²) in [6.07, 6.45) is 0. The first kappa shape index (κ1) is 17.0. The molecule has 0 unspecified atom stereocenters. The minimum atomic E-state index is -0.115. The molecule has 1 aliphatic heterocycles. The SMILES string of the molecule is Cc1ccc2nc(CNC(=O)c3sc(N4CCOCC4)nc3C)[nH]c2c1. The number of amides is 1. The predicted octanol–water partition coefficient (Wildman–Crippen LogP) is 2.40. The van der Waals surface area contributed by atoms with Crippen molar-refractivity contribution >= 4 is 33.4 Å². The number of anilines is 1. The Labute approximate surface area is 155 Å². The molecule has 0 atom stereocenters. The molecule has 0 radical (unpaired) electrons. The number of carbonyl (C=O) groups excluding carboxylic acids is 1. The van der Waals surface area contributed by atoms with Crippen LogP contribution >= 0.6 is 11.3 Å². The van der Waals surface area contributed by atoms with Gasteiger partial charge in [-0.15, -0.1) is 0 Å². The van der Waals surface area contributed by atoms with E-state index in [1.165, 1.54) is 16.9 Å². The van der Waals surface area contributed by atoms with E-state index in [0.29, 0.717) is 24.6 Å². The Bertz CT molecular complexity index is 942. The minimum Gasteiger partial charge on any atom is -0.378 e. The van der Waals surface area contributed by atoms with E-state index < -0.39 is 0 Å². The monoisotopic (exact) mass is 371 g/mol. The summed E-state index contributed by atoms with van der Waals surface area (Å²) in [6, 6.07) is 6.06. The lowest BCUT2D eigenvalue weighted by atomic mass is 10.2. The number of aromatic amines is 1. The smallest absolute Gasteiger partial charge is 0.263 e. The highest BCUT2D eigenvalue weighted by Crippen LogP contribution is 2.26. The predicted molar refractivity (Wildman–Crippen MR) is 102 cm³/mol. The number of fused-ring (bicyclic) bond motifs is 1. The van der Waals surface area contributed by atoms with Gasteiger partial charge in [0, 0.05) is 13.1 Å². The van der Waals surface area contributed by atoms with Gasteiger partial charge in [0.25, 0.3) is 5.91 Å². The van der Waals surface area contributed by atoms with Crippen LogP contribution in [0.1, 0.15) is 26.8 Å². The summed E-state index contributed by atoms with van der Waals surface area (Å²) in [5.41, 5.74) is 3.82. The van der Waals surface area contributed by atoms with Crippen molar-refractivity contribution in [2.45, 2.75) is 20.4 Å². The first-order chi connectivity index (χ1) is 12.6. The summed E-state index contributed by atoms with van der Waals surface area (Å²) in [7, 11) is 0. The van der Waals surface area contributed by atoms with E-state index in [0.717, 1.165) is 40.8 Å². The van der Waals surface area contributed by atoms with Crippen molar-refractivity contribution in [3.8, 4) is 0 Å². The van der Waals surface area contributed by atoms with Gasteiger partial charge in [-0.1, -0.05) is 17.4 Å². The van der Waals surface area contributed by atoms with Gasteiger partial charge < -0.3 is 19.9 Å². The second-order valence-corrected chi connectivity index (χ2v) is 7.37. The van der Waals surface area contributed by atoms with E-state index >= 15 is 0 Å². The summed E-state index contributed by atoms with van der Waals surface area (Å²) < 4.78 is 5.37. The largest absolute Gasteiger partial charge is 0.378 e. The van der Waals surface area contributed by atoms with Gasteiger partial charge in [0.15, 0.2) is 5.13 Å². The molecule has 1 amide bonds. The molecule has 2 N–H and O–H groups in total. The van der Waals surface area contributed by atoms with E-state index in [-0.39, 0.29) is 5.91 Å². The minimum absolute atomic E-state index is 0.115. The van der Waals surface area contributed by atoms with Gasteiger partial charge in [0.2, 0.25) is 0 Å². The second-order valence-electron chi connectivity index (χ2n) is 6.40. The number of nitrogens with one attached hydrogen (secondary N) is 2. The van der Waals surface area contributed by atoms with Crippen molar-refractivity contribution in [1.29, 1.82) is 0 Å². The number of imidazole rings is 1. The highest BCUT2D eigenvalue weighted by molar-refractivity contribution is 7.17. The Kier molecular flexibility index (Phi) is 4.60. The fourth-order valence-corrected chi connectivity index (χ4v) is 4.02. The maximum Gasteiger partial charge on any atom is 0.263 e. The van der Waals surface area contributed by atoms with E-state index in [9.17, 15) is 4.79 Å². The summed E-state index contributed by atoms with van der Waals surface area (Å²) in [5.74, 6) is 0.630. The van der Waals surface area contributed by atoms with Crippen LogP contribution < -0.4 is 10.2 Å². The average Bonchev–Trinajstić information content (AvgIpc) is 3.23. The molecule has 1 saturated heterocycles. The van der Waals surface area contributed by atoms with Crippen LogP contribution in [0, 0.1) is 13.8 Å². The van der Waals surface area contributed by atoms with Crippen LogP contribution in [0.3, 0.4) is 0 Å². The zero-order valence-electron chi connectivity index (χ0n) is 14.8. The molecule has 26 heavy (non-hydrogen) atoms. The van der Waals surface area contributed by atoms with Crippen molar-refractivity contribution in [2.75, 3.05) is 31.2 Å². The number of carbonyl (C=O) groups is 1. The van der Waals surface area contributed by atoms with Crippen LogP contribution in [0.25, 0.3) is 11.0 Å². The molecule has 3 heterocycles. The summed E-state index contributed by atoms with van der Waals surface area (Å²) in [5, 5.41) is 3.83. The van der Waals surface area contributed by atoms with Crippen LogP contribution in [0.5, 0.6) is 0 Å². The zero-order valence-corrected chi connectivity index (χ0v) is 15.7. The van der Waals surface area contributed by atoms with Gasteiger partial charge in [-0.2, -0.15) is 0 Å². The third kappa shape index (κ3) is 3.42. The van der Waals surface area contributed by atoms with Gasteiger partial charge in [-0.25, -0.2) is 9.97 Å². The second kappa shape index (κ2) is 7.05. The number of H-pyrrole nitrogens is 1. The lowest BCUT2D eigenvalue weighted by Gasteiger charge is -2.25. The lowest BCUT2D eigenvalue weighted by molar-refractivity contribution is 0.0953. The van der Waals surface area contributed by atoms with Crippen molar-refractivity contribution in [2.24, 2.45) is 0 Å². The molecular weight excluding hydrogens is 350 g/mol. The fraction of sp³-hybridized carbons (Fsp3) is 0.389. The number of hydrogen-bond donors (Lipinski definition) is 2. The number of aromatic nitrogens is 3. The topological polar surface area (TPSA) is 83.1 Å². The van der Waals surface area contributed by atoms with E-state index in [1.54, 1.807) is 0 Å². The molecule has 0 spiro atoms. The number of morpholine rings is 1. The summed E-state index contributed by atoms with van der Waals surface area (Å²) in [4.78, 5) is 27.7. The Hall–Kier alpha value is -2.45. The maximum atomic E-state index is 12.6. The van der Waals surface area contributed by atoms with E-state index in [1.807, 2.05) is 26.0 Å². The average molecular weight is 371 g/mol. The van der Waals surface area contributed by atoms with Crippen molar-refractivity contribution in [3.63, 3.8) is 0 Å². The van der Waals surface area contributed by atoms with Crippen LogP contribution in [0.2, 0.25) is 0 Å². The molecule has 136 valence electrons. The molecule has 4 rings (SSSR count). The normalized spacial score (nSPS) is 14.8. The molecule has 3 aromatic rings. The van der Waals surface area contributed by atoms with Crippen LogP contribution in [-0.4, -0.2) is 47.2 Å². The van der Waals surface area contributed by atoms with Gasteiger partial charge in [-0.05, 0) is 31.5 Å². The maximum absolute atomic E-state index is 12.6. The van der Waals surface area contributed by atoms with Crippen molar-refractivity contribution in [1.82, 2.24) is 20.3 Å². The lowest BCUT2D eigenvalue weighted by Crippen LogP contribution is -2.36. The molecule has 8 heteroatoms. The number of nitrogens with zero attached hydrogens (tertiary/aromatic N) is 3.